The lowest BCUT2D eigenvalue weighted by atomic mass is 10.0. The maximum Gasteiger partial charge on any atom is 0.340 e. The topological polar surface area (TPSA) is 75.7 Å². The lowest BCUT2D eigenvalue weighted by Crippen LogP contribution is -2.44. The van der Waals surface area contributed by atoms with E-state index in [1.54, 1.807) is 53.4 Å². The highest BCUT2D eigenvalue weighted by molar-refractivity contribution is 6.30. The molecule has 3 rings (SSSR count). The Hall–Kier alpha value is -2.86. The summed E-state index contributed by atoms with van der Waals surface area (Å²) in [6, 6.07) is 13.1. The van der Waals surface area contributed by atoms with E-state index in [2.05, 4.69) is 5.32 Å². The average molecular weight is 415 g/mol. The van der Waals surface area contributed by atoms with Crippen LogP contribution in [0.1, 0.15) is 46.9 Å². The molecule has 1 heterocycles. The molecule has 1 N–H and O–H groups in total. The molecular weight excluding hydrogens is 392 g/mol. The zero-order chi connectivity index (χ0) is 20.8. The molecule has 7 heteroatoms. The van der Waals surface area contributed by atoms with Crippen molar-refractivity contribution in [3.8, 4) is 0 Å². The van der Waals surface area contributed by atoms with Gasteiger partial charge >= 0.3 is 5.97 Å². The minimum atomic E-state index is -0.657. The second-order valence-corrected chi connectivity index (χ2v) is 7.45. The van der Waals surface area contributed by atoms with E-state index in [0.29, 0.717) is 22.8 Å². The van der Waals surface area contributed by atoms with Gasteiger partial charge in [0, 0.05) is 23.2 Å². The van der Waals surface area contributed by atoms with Crippen molar-refractivity contribution in [2.45, 2.75) is 32.2 Å². The first kappa shape index (κ1) is 20.9. The van der Waals surface area contributed by atoms with Crippen molar-refractivity contribution >= 4 is 35.1 Å². The molecule has 0 aromatic heterocycles. The van der Waals surface area contributed by atoms with E-state index in [4.69, 9.17) is 16.3 Å². The molecule has 2 amide bonds. The van der Waals surface area contributed by atoms with Crippen LogP contribution in [0.4, 0.5) is 5.69 Å². The minimum Gasteiger partial charge on any atom is -0.452 e. The standard InChI is InChI=1S/C22H23ClN2O4/c1-15-6-4-5-13-25(15)20(26)14-29-22(28)18-7-2-3-8-19(18)24-21(27)16-9-11-17(23)12-10-16/h2-3,7-12,15H,4-6,13-14H2,1H3,(H,24,27)/t15-/m0/s1. The summed E-state index contributed by atoms with van der Waals surface area (Å²) in [5, 5.41) is 3.23. The molecule has 1 saturated heterocycles. The minimum absolute atomic E-state index is 0.154. The summed E-state index contributed by atoms with van der Waals surface area (Å²) in [7, 11) is 0. The summed E-state index contributed by atoms with van der Waals surface area (Å²) in [6.45, 7) is 2.37. The van der Waals surface area contributed by atoms with E-state index in [9.17, 15) is 14.4 Å². The quantitative estimate of drug-likeness (QED) is 0.745. The van der Waals surface area contributed by atoms with Gasteiger partial charge in [0.05, 0.1) is 11.3 Å². The van der Waals surface area contributed by atoms with Gasteiger partial charge in [0.2, 0.25) is 0 Å². The van der Waals surface area contributed by atoms with Crippen molar-refractivity contribution in [3.05, 3.63) is 64.7 Å². The van der Waals surface area contributed by atoms with E-state index in [1.807, 2.05) is 6.92 Å². The number of para-hydroxylation sites is 1. The van der Waals surface area contributed by atoms with Gasteiger partial charge in [-0.2, -0.15) is 0 Å². The van der Waals surface area contributed by atoms with Crippen LogP contribution in [0.2, 0.25) is 5.02 Å². The molecule has 0 saturated carbocycles. The Morgan fingerprint density at radius 1 is 1.10 bits per heavy atom. The molecule has 2 aromatic carbocycles. The first-order valence-corrected chi connectivity index (χ1v) is 9.96. The van der Waals surface area contributed by atoms with Gasteiger partial charge < -0.3 is 15.0 Å². The number of hydrogen-bond acceptors (Lipinski definition) is 4. The van der Waals surface area contributed by atoms with Gasteiger partial charge in [0.25, 0.3) is 11.8 Å². The van der Waals surface area contributed by atoms with Crippen molar-refractivity contribution in [2.75, 3.05) is 18.5 Å². The number of nitrogens with one attached hydrogen (secondary N) is 1. The van der Waals surface area contributed by atoms with Crippen LogP contribution in [-0.2, 0) is 9.53 Å². The van der Waals surface area contributed by atoms with Gasteiger partial charge in [0.1, 0.15) is 0 Å². The molecule has 1 aliphatic heterocycles. The number of piperidine rings is 1. The fourth-order valence-corrected chi connectivity index (χ4v) is 3.45. The molecule has 0 unspecified atom stereocenters. The van der Waals surface area contributed by atoms with Crippen LogP contribution in [0.5, 0.6) is 0 Å². The number of ether oxygens (including phenoxy) is 1. The molecule has 1 aliphatic rings. The van der Waals surface area contributed by atoms with Gasteiger partial charge in [0.15, 0.2) is 6.61 Å². The summed E-state index contributed by atoms with van der Waals surface area (Å²) in [5.41, 5.74) is 0.914. The van der Waals surface area contributed by atoms with Crippen LogP contribution in [-0.4, -0.2) is 41.9 Å². The van der Waals surface area contributed by atoms with Gasteiger partial charge in [-0.25, -0.2) is 4.79 Å². The Labute approximate surface area is 174 Å². The maximum absolute atomic E-state index is 12.5. The second kappa shape index (κ2) is 9.56. The third kappa shape index (κ3) is 5.35. The van der Waals surface area contributed by atoms with Crippen LogP contribution >= 0.6 is 11.6 Å². The summed E-state index contributed by atoms with van der Waals surface area (Å²) in [4.78, 5) is 39.1. The Morgan fingerprint density at radius 2 is 1.83 bits per heavy atom. The van der Waals surface area contributed by atoms with E-state index in [-0.39, 0.29) is 30.0 Å². The van der Waals surface area contributed by atoms with E-state index in [1.165, 1.54) is 0 Å². The zero-order valence-corrected chi connectivity index (χ0v) is 16.9. The number of rotatable bonds is 5. The first-order valence-electron chi connectivity index (χ1n) is 9.58. The molecule has 152 valence electrons. The Balaban J connectivity index is 1.64. The van der Waals surface area contributed by atoms with Crippen LogP contribution in [0.15, 0.2) is 48.5 Å². The van der Waals surface area contributed by atoms with E-state index >= 15 is 0 Å². The highest BCUT2D eigenvalue weighted by Gasteiger charge is 2.24. The Morgan fingerprint density at radius 3 is 2.55 bits per heavy atom. The predicted octanol–water partition coefficient (Wildman–Crippen LogP) is 4.15. The molecule has 0 radical (unpaired) electrons. The molecule has 0 aliphatic carbocycles. The first-order chi connectivity index (χ1) is 14.0. The normalized spacial score (nSPS) is 16.2. The largest absolute Gasteiger partial charge is 0.452 e. The van der Waals surface area contributed by atoms with Crippen molar-refractivity contribution in [3.63, 3.8) is 0 Å². The maximum atomic E-state index is 12.5. The number of carbonyl (C=O) groups is 3. The molecule has 1 fully saturated rings. The molecular formula is C22H23ClN2O4. The van der Waals surface area contributed by atoms with Crippen molar-refractivity contribution in [1.29, 1.82) is 0 Å². The number of halogens is 1. The number of anilines is 1. The van der Waals surface area contributed by atoms with Crippen molar-refractivity contribution < 1.29 is 19.1 Å². The summed E-state index contributed by atoms with van der Waals surface area (Å²) < 4.78 is 5.24. The SMILES string of the molecule is C[C@H]1CCCCN1C(=O)COC(=O)c1ccccc1NC(=O)c1ccc(Cl)cc1. The predicted molar refractivity (Wildman–Crippen MR) is 111 cm³/mol. The van der Waals surface area contributed by atoms with Crippen LogP contribution in [0.3, 0.4) is 0 Å². The number of carbonyl (C=O) groups excluding carboxylic acids is 3. The lowest BCUT2D eigenvalue weighted by Gasteiger charge is -2.33. The van der Waals surface area contributed by atoms with Crippen LogP contribution in [0.25, 0.3) is 0 Å². The number of amides is 2. The molecule has 0 bridgehead atoms. The van der Waals surface area contributed by atoms with Crippen molar-refractivity contribution in [1.82, 2.24) is 4.90 Å². The van der Waals surface area contributed by atoms with Crippen LogP contribution in [0, 0.1) is 0 Å². The van der Waals surface area contributed by atoms with E-state index < -0.39 is 5.97 Å². The molecule has 2 aromatic rings. The highest BCUT2D eigenvalue weighted by atomic mass is 35.5. The van der Waals surface area contributed by atoms with Gasteiger partial charge in [-0.1, -0.05) is 23.7 Å². The number of esters is 1. The van der Waals surface area contributed by atoms with Gasteiger partial charge in [-0.05, 0) is 62.6 Å². The van der Waals surface area contributed by atoms with Gasteiger partial charge in [-0.3, -0.25) is 9.59 Å². The smallest absolute Gasteiger partial charge is 0.340 e. The zero-order valence-electron chi connectivity index (χ0n) is 16.2. The second-order valence-electron chi connectivity index (χ2n) is 7.01. The number of nitrogens with zero attached hydrogens (tertiary/aromatic N) is 1. The monoisotopic (exact) mass is 414 g/mol. The highest BCUT2D eigenvalue weighted by Crippen LogP contribution is 2.19. The lowest BCUT2D eigenvalue weighted by molar-refractivity contribution is -0.137. The number of likely N-dealkylation sites (tertiary alicyclic amines) is 1. The fourth-order valence-electron chi connectivity index (χ4n) is 3.32. The number of benzene rings is 2. The van der Waals surface area contributed by atoms with E-state index in [0.717, 1.165) is 19.3 Å². The van der Waals surface area contributed by atoms with Crippen LogP contribution < -0.4 is 5.32 Å². The number of hydrogen-bond donors (Lipinski definition) is 1. The van der Waals surface area contributed by atoms with Crippen molar-refractivity contribution in [2.24, 2.45) is 0 Å². The molecule has 0 spiro atoms. The summed E-state index contributed by atoms with van der Waals surface area (Å²) in [5.74, 6) is -1.23. The third-order valence-electron chi connectivity index (χ3n) is 4.95. The van der Waals surface area contributed by atoms with Gasteiger partial charge in [-0.15, -0.1) is 0 Å². The Kier molecular flexibility index (Phi) is 6.88. The molecule has 6 nitrogen and oxygen atoms in total. The fraction of sp³-hybridized carbons (Fsp3) is 0.318. The summed E-state index contributed by atoms with van der Waals surface area (Å²) in [6.07, 6.45) is 3.02. The molecule has 1 atom stereocenters. The summed E-state index contributed by atoms with van der Waals surface area (Å²) >= 11 is 5.84. The Bertz CT molecular complexity index is 898. The third-order valence-corrected chi connectivity index (χ3v) is 5.20. The average Bonchev–Trinajstić information content (AvgIpc) is 2.73. The molecule has 29 heavy (non-hydrogen) atoms.